The van der Waals surface area contributed by atoms with E-state index in [0.717, 1.165) is 17.9 Å². The lowest BCUT2D eigenvalue weighted by Gasteiger charge is -2.15. The summed E-state index contributed by atoms with van der Waals surface area (Å²) in [5, 5.41) is 3.56. The van der Waals surface area contributed by atoms with Crippen LogP contribution in [0.25, 0.3) is 11.1 Å². The molecule has 0 saturated carbocycles. The third kappa shape index (κ3) is 3.82. The van der Waals surface area contributed by atoms with Gasteiger partial charge in [0.15, 0.2) is 0 Å². The highest BCUT2D eigenvalue weighted by atomic mass is 16.5. The highest BCUT2D eigenvalue weighted by Crippen LogP contribution is 2.22. The molecular weight excluding hydrogens is 286 g/mol. The van der Waals surface area contributed by atoms with Gasteiger partial charge in [0.2, 0.25) is 0 Å². The molecule has 0 aliphatic rings. The van der Waals surface area contributed by atoms with E-state index in [-0.39, 0.29) is 6.04 Å². The quantitative estimate of drug-likeness (QED) is 0.710. The molecule has 0 fully saturated rings. The summed E-state index contributed by atoms with van der Waals surface area (Å²) in [7, 11) is 1.68. The van der Waals surface area contributed by atoms with E-state index in [9.17, 15) is 0 Å². The van der Waals surface area contributed by atoms with Gasteiger partial charge in [-0.05, 0) is 47.9 Å². The number of furan rings is 1. The molecular formula is C20H21NO2. The predicted octanol–water partition coefficient (Wildman–Crippen LogP) is 4.81. The van der Waals surface area contributed by atoms with E-state index >= 15 is 0 Å². The van der Waals surface area contributed by atoms with Crippen LogP contribution in [0.15, 0.2) is 71.5 Å². The number of nitrogens with one attached hydrogen (secondary N) is 1. The van der Waals surface area contributed by atoms with Gasteiger partial charge in [-0.15, -0.1) is 0 Å². The number of hydrogen-bond donors (Lipinski definition) is 1. The molecule has 0 bridgehead atoms. The lowest BCUT2D eigenvalue weighted by atomic mass is 10.0. The zero-order valence-corrected chi connectivity index (χ0v) is 13.5. The second-order valence-corrected chi connectivity index (χ2v) is 5.59. The van der Waals surface area contributed by atoms with Crippen molar-refractivity contribution < 1.29 is 9.15 Å². The summed E-state index contributed by atoms with van der Waals surface area (Å²) < 4.78 is 10.4. The molecule has 1 atom stereocenters. The Morgan fingerprint density at radius 2 is 1.87 bits per heavy atom. The molecule has 0 saturated heterocycles. The van der Waals surface area contributed by atoms with Crippen LogP contribution in [0.5, 0.6) is 5.75 Å². The van der Waals surface area contributed by atoms with E-state index in [1.807, 2.05) is 18.2 Å². The molecule has 1 aromatic heterocycles. The minimum atomic E-state index is 0.276. The lowest BCUT2D eigenvalue weighted by molar-refractivity contribution is 0.414. The molecule has 1 heterocycles. The molecule has 0 radical (unpaired) electrons. The first-order chi connectivity index (χ1) is 11.3. The Hall–Kier alpha value is -2.52. The maximum Gasteiger partial charge on any atom is 0.118 e. The fourth-order valence-corrected chi connectivity index (χ4v) is 2.57. The van der Waals surface area contributed by atoms with Crippen LogP contribution in [-0.2, 0) is 6.54 Å². The van der Waals surface area contributed by atoms with Crippen molar-refractivity contribution in [3.8, 4) is 16.9 Å². The van der Waals surface area contributed by atoms with Crippen molar-refractivity contribution in [1.29, 1.82) is 0 Å². The number of ether oxygens (including phenoxy) is 1. The van der Waals surface area contributed by atoms with Gasteiger partial charge in [0, 0.05) is 18.2 Å². The van der Waals surface area contributed by atoms with Crippen molar-refractivity contribution >= 4 is 0 Å². The van der Waals surface area contributed by atoms with Crippen LogP contribution in [0.4, 0.5) is 0 Å². The van der Waals surface area contributed by atoms with Crippen molar-refractivity contribution in [1.82, 2.24) is 5.32 Å². The first kappa shape index (κ1) is 15.4. The fraction of sp³-hybridized carbons (Fsp3) is 0.200. The van der Waals surface area contributed by atoms with E-state index in [1.54, 1.807) is 19.6 Å². The summed E-state index contributed by atoms with van der Waals surface area (Å²) >= 11 is 0. The first-order valence-electron chi connectivity index (χ1n) is 7.75. The standard InChI is InChI=1S/C20H21NO2/c1-15(17-6-8-20(22-2)9-7-17)21-13-16-4-3-5-18(12-16)19-10-11-23-14-19/h3-12,14-15,21H,13H2,1-2H3. The van der Waals surface area contributed by atoms with Crippen LogP contribution < -0.4 is 10.1 Å². The molecule has 118 valence electrons. The lowest BCUT2D eigenvalue weighted by Crippen LogP contribution is -2.18. The van der Waals surface area contributed by atoms with Crippen molar-refractivity contribution in [3.63, 3.8) is 0 Å². The van der Waals surface area contributed by atoms with Crippen molar-refractivity contribution in [2.45, 2.75) is 19.5 Å². The van der Waals surface area contributed by atoms with Crippen molar-refractivity contribution in [2.75, 3.05) is 7.11 Å². The molecule has 3 nitrogen and oxygen atoms in total. The summed E-state index contributed by atoms with van der Waals surface area (Å²) in [6.45, 7) is 2.99. The highest BCUT2D eigenvalue weighted by Gasteiger charge is 2.06. The van der Waals surface area contributed by atoms with Crippen LogP contribution in [0.2, 0.25) is 0 Å². The van der Waals surface area contributed by atoms with Crippen LogP contribution in [-0.4, -0.2) is 7.11 Å². The number of hydrogen-bond acceptors (Lipinski definition) is 3. The second kappa shape index (κ2) is 7.16. The van der Waals surface area contributed by atoms with Crippen LogP contribution in [0.3, 0.4) is 0 Å². The topological polar surface area (TPSA) is 34.4 Å². The molecule has 2 aromatic carbocycles. The average Bonchev–Trinajstić information content (AvgIpc) is 3.15. The number of rotatable bonds is 6. The van der Waals surface area contributed by atoms with Gasteiger partial charge < -0.3 is 14.5 Å². The molecule has 3 aromatic rings. The minimum absolute atomic E-state index is 0.276. The Morgan fingerprint density at radius 3 is 2.57 bits per heavy atom. The van der Waals surface area contributed by atoms with Gasteiger partial charge in [-0.2, -0.15) is 0 Å². The average molecular weight is 307 g/mol. The molecule has 23 heavy (non-hydrogen) atoms. The maximum absolute atomic E-state index is 5.20. The van der Waals surface area contributed by atoms with E-state index in [1.165, 1.54) is 16.7 Å². The van der Waals surface area contributed by atoms with Gasteiger partial charge in [-0.25, -0.2) is 0 Å². The molecule has 3 rings (SSSR count). The first-order valence-corrected chi connectivity index (χ1v) is 7.75. The molecule has 1 N–H and O–H groups in total. The van der Waals surface area contributed by atoms with E-state index < -0.39 is 0 Å². The van der Waals surface area contributed by atoms with Crippen molar-refractivity contribution in [3.05, 3.63) is 78.3 Å². The summed E-state index contributed by atoms with van der Waals surface area (Å²) in [5.74, 6) is 0.883. The summed E-state index contributed by atoms with van der Waals surface area (Å²) in [5.41, 5.74) is 4.78. The van der Waals surface area contributed by atoms with Crippen LogP contribution in [0, 0.1) is 0 Å². The zero-order chi connectivity index (χ0) is 16.1. The van der Waals surface area contributed by atoms with Gasteiger partial charge >= 0.3 is 0 Å². The van der Waals surface area contributed by atoms with Crippen molar-refractivity contribution in [2.24, 2.45) is 0 Å². The van der Waals surface area contributed by atoms with E-state index in [4.69, 9.17) is 9.15 Å². The van der Waals surface area contributed by atoms with Crippen LogP contribution in [0.1, 0.15) is 24.1 Å². The third-order valence-electron chi connectivity index (χ3n) is 4.01. The molecule has 3 heteroatoms. The highest BCUT2D eigenvalue weighted by molar-refractivity contribution is 5.62. The predicted molar refractivity (Wildman–Crippen MR) is 92.4 cm³/mol. The number of benzene rings is 2. The molecule has 0 aliphatic carbocycles. The Kier molecular flexibility index (Phi) is 4.79. The third-order valence-corrected chi connectivity index (χ3v) is 4.01. The smallest absolute Gasteiger partial charge is 0.118 e. The maximum atomic E-state index is 5.20. The van der Waals surface area contributed by atoms with Gasteiger partial charge in [0.05, 0.1) is 19.6 Å². The van der Waals surface area contributed by atoms with Crippen LogP contribution >= 0.6 is 0 Å². The Bertz CT molecular complexity index is 733. The van der Waals surface area contributed by atoms with E-state index in [2.05, 4.69) is 48.6 Å². The second-order valence-electron chi connectivity index (χ2n) is 5.59. The van der Waals surface area contributed by atoms with Gasteiger partial charge in [-0.3, -0.25) is 0 Å². The number of methoxy groups -OCH3 is 1. The SMILES string of the molecule is COc1ccc(C(C)NCc2cccc(-c3ccoc3)c2)cc1. The van der Waals surface area contributed by atoms with Gasteiger partial charge in [0.1, 0.15) is 5.75 Å². The van der Waals surface area contributed by atoms with Gasteiger partial charge in [0.25, 0.3) is 0 Å². The zero-order valence-electron chi connectivity index (χ0n) is 13.5. The molecule has 0 aliphatic heterocycles. The monoisotopic (exact) mass is 307 g/mol. The summed E-state index contributed by atoms with van der Waals surface area (Å²) in [6.07, 6.45) is 3.47. The minimum Gasteiger partial charge on any atom is -0.497 e. The molecule has 1 unspecified atom stereocenters. The normalized spacial score (nSPS) is 12.1. The largest absolute Gasteiger partial charge is 0.497 e. The fourth-order valence-electron chi connectivity index (χ4n) is 2.57. The molecule has 0 amide bonds. The van der Waals surface area contributed by atoms with Gasteiger partial charge in [-0.1, -0.05) is 30.3 Å². The Labute approximate surface area is 136 Å². The van der Waals surface area contributed by atoms with E-state index in [0.29, 0.717) is 0 Å². The molecule has 0 spiro atoms. The summed E-state index contributed by atoms with van der Waals surface area (Å²) in [6, 6.07) is 18.9. The Balaban J connectivity index is 1.64. The Morgan fingerprint density at radius 1 is 1.04 bits per heavy atom. The summed E-state index contributed by atoms with van der Waals surface area (Å²) in [4.78, 5) is 0.